The maximum Gasteiger partial charge on any atom is 0.264 e. The molecule has 2 aromatic carbocycles. The molecule has 1 heterocycles. The van der Waals surface area contributed by atoms with Crippen LogP contribution in [0.3, 0.4) is 0 Å². The van der Waals surface area contributed by atoms with E-state index < -0.39 is 10.0 Å². The van der Waals surface area contributed by atoms with Gasteiger partial charge in [-0.3, -0.25) is 18.8 Å². The van der Waals surface area contributed by atoms with E-state index in [2.05, 4.69) is 5.32 Å². The molecule has 170 valence electrons. The fourth-order valence-electron chi connectivity index (χ4n) is 3.72. The van der Waals surface area contributed by atoms with Gasteiger partial charge in [-0.2, -0.15) is 0 Å². The summed E-state index contributed by atoms with van der Waals surface area (Å²) in [5, 5.41) is 2.98. The molecule has 0 radical (unpaired) electrons. The van der Waals surface area contributed by atoms with Gasteiger partial charge >= 0.3 is 0 Å². The molecule has 2 aromatic rings. The summed E-state index contributed by atoms with van der Waals surface area (Å²) in [6, 6.07) is 15.3. The van der Waals surface area contributed by atoms with Gasteiger partial charge in [-0.05, 0) is 43.2 Å². The Morgan fingerprint density at radius 3 is 2.34 bits per heavy atom. The molecular formula is C23H28N4O4S. The van der Waals surface area contributed by atoms with Crippen molar-refractivity contribution in [2.45, 2.75) is 23.8 Å². The summed E-state index contributed by atoms with van der Waals surface area (Å²) in [6.45, 7) is 2.56. The Hall–Kier alpha value is -2.91. The van der Waals surface area contributed by atoms with Crippen molar-refractivity contribution in [2.24, 2.45) is 0 Å². The van der Waals surface area contributed by atoms with Crippen LogP contribution in [0.15, 0.2) is 59.5 Å². The van der Waals surface area contributed by atoms with Crippen molar-refractivity contribution in [1.29, 1.82) is 0 Å². The Morgan fingerprint density at radius 1 is 1.00 bits per heavy atom. The molecule has 0 aromatic heterocycles. The second kappa shape index (κ2) is 9.30. The smallest absolute Gasteiger partial charge is 0.264 e. The van der Waals surface area contributed by atoms with Crippen molar-refractivity contribution >= 4 is 27.5 Å². The standard InChI is InChI=1S/C23H28N4O4S/c1-25(20-7-3-2-4-8-20)32(30,31)21-9-5-6-18(16-21)23(29)27-14-12-26(13-15-27)17-22(28)24-19-10-11-19/h2-9,16,19H,10-15,17H2,1H3,(H,24,28). The van der Waals surface area contributed by atoms with Crippen LogP contribution >= 0.6 is 0 Å². The third-order valence-corrected chi connectivity index (χ3v) is 7.61. The molecular weight excluding hydrogens is 428 g/mol. The molecule has 0 unspecified atom stereocenters. The van der Waals surface area contributed by atoms with Crippen LogP contribution in [0.1, 0.15) is 23.2 Å². The summed E-state index contributed by atoms with van der Waals surface area (Å²) in [5.74, 6) is -0.167. The maximum absolute atomic E-state index is 13.1. The van der Waals surface area contributed by atoms with Gasteiger partial charge in [-0.15, -0.1) is 0 Å². The highest BCUT2D eigenvalue weighted by Crippen LogP contribution is 2.23. The number of para-hydroxylation sites is 1. The van der Waals surface area contributed by atoms with E-state index in [1.807, 2.05) is 11.0 Å². The van der Waals surface area contributed by atoms with Crippen LogP contribution in [0.5, 0.6) is 0 Å². The van der Waals surface area contributed by atoms with Crippen molar-refractivity contribution in [1.82, 2.24) is 15.1 Å². The van der Waals surface area contributed by atoms with Gasteiger partial charge in [0.25, 0.3) is 15.9 Å². The number of piperazine rings is 1. The van der Waals surface area contributed by atoms with Gasteiger partial charge < -0.3 is 10.2 Å². The Labute approximate surface area is 188 Å². The first-order valence-corrected chi connectivity index (χ1v) is 12.2. The third kappa shape index (κ3) is 5.11. The summed E-state index contributed by atoms with van der Waals surface area (Å²) in [5.41, 5.74) is 0.888. The predicted molar refractivity (Wildman–Crippen MR) is 122 cm³/mol. The number of benzene rings is 2. The fraction of sp³-hybridized carbons (Fsp3) is 0.391. The lowest BCUT2D eigenvalue weighted by Crippen LogP contribution is -2.51. The number of anilines is 1. The number of nitrogens with zero attached hydrogens (tertiary/aromatic N) is 3. The van der Waals surface area contributed by atoms with Crippen LogP contribution in [-0.4, -0.2) is 75.8 Å². The largest absolute Gasteiger partial charge is 0.352 e. The lowest BCUT2D eigenvalue weighted by atomic mass is 10.2. The Bertz CT molecular complexity index is 1080. The maximum atomic E-state index is 13.1. The first kappa shape index (κ1) is 22.3. The monoisotopic (exact) mass is 456 g/mol. The highest BCUT2D eigenvalue weighted by Gasteiger charge is 2.28. The Kier molecular flexibility index (Phi) is 6.48. The van der Waals surface area contributed by atoms with Crippen LogP contribution in [0.25, 0.3) is 0 Å². The molecule has 8 nitrogen and oxygen atoms in total. The van der Waals surface area contributed by atoms with E-state index in [9.17, 15) is 18.0 Å². The first-order chi connectivity index (χ1) is 15.3. The van der Waals surface area contributed by atoms with E-state index in [1.54, 1.807) is 41.3 Å². The fourth-order valence-corrected chi connectivity index (χ4v) is 4.96. The zero-order chi connectivity index (χ0) is 22.7. The number of amides is 2. The van der Waals surface area contributed by atoms with Crippen LogP contribution in [0.4, 0.5) is 5.69 Å². The molecule has 32 heavy (non-hydrogen) atoms. The number of hydrogen-bond donors (Lipinski definition) is 1. The minimum Gasteiger partial charge on any atom is -0.352 e. The second-order valence-electron chi connectivity index (χ2n) is 8.25. The van der Waals surface area contributed by atoms with Crippen LogP contribution in [0.2, 0.25) is 0 Å². The SMILES string of the molecule is CN(c1ccccc1)S(=O)(=O)c1cccc(C(=O)N2CCN(CC(=O)NC3CC3)CC2)c1. The van der Waals surface area contributed by atoms with Crippen molar-refractivity contribution in [3.63, 3.8) is 0 Å². The minimum absolute atomic E-state index is 0.0349. The molecule has 9 heteroatoms. The molecule has 2 amide bonds. The van der Waals surface area contributed by atoms with Crippen molar-refractivity contribution in [3.8, 4) is 0 Å². The minimum atomic E-state index is -3.80. The molecule has 4 rings (SSSR count). The molecule has 0 atom stereocenters. The van der Waals surface area contributed by atoms with E-state index in [1.165, 1.54) is 23.5 Å². The summed E-state index contributed by atoms with van der Waals surface area (Å²) in [6.07, 6.45) is 2.12. The number of sulfonamides is 1. The normalized spacial score (nSPS) is 17.1. The van der Waals surface area contributed by atoms with E-state index in [-0.39, 0.29) is 16.7 Å². The van der Waals surface area contributed by atoms with Gasteiger partial charge in [0.2, 0.25) is 5.91 Å². The predicted octanol–water partition coefficient (Wildman–Crippen LogP) is 1.55. The van der Waals surface area contributed by atoms with Gasteiger partial charge in [0.05, 0.1) is 17.1 Å². The molecule has 1 saturated heterocycles. The molecule has 1 N–H and O–H groups in total. The zero-order valence-corrected chi connectivity index (χ0v) is 18.9. The van der Waals surface area contributed by atoms with E-state index in [4.69, 9.17) is 0 Å². The average molecular weight is 457 g/mol. The zero-order valence-electron chi connectivity index (χ0n) is 18.1. The van der Waals surface area contributed by atoms with Crippen molar-refractivity contribution in [2.75, 3.05) is 44.1 Å². The number of rotatable bonds is 7. The molecule has 0 bridgehead atoms. The Morgan fingerprint density at radius 2 is 1.69 bits per heavy atom. The summed E-state index contributed by atoms with van der Waals surface area (Å²) in [4.78, 5) is 28.8. The molecule has 1 saturated carbocycles. The molecule has 2 aliphatic rings. The summed E-state index contributed by atoms with van der Waals surface area (Å²) >= 11 is 0. The molecule has 1 aliphatic heterocycles. The molecule has 0 spiro atoms. The summed E-state index contributed by atoms with van der Waals surface area (Å²) in [7, 11) is -2.30. The second-order valence-corrected chi connectivity index (χ2v) is 10.2. The van der Waals surface area contributed by atoms with E-state index in [0.29, 0.717) is 50.0 Å². The number of carbonyl (C=O) groups excluding carboxylic acids is 2. The van der Waals surface area contributed by atoms with Gasteiger partial charge in [0.1, 0.15) is 0 Å². The highest BCUT2D eigenvalue weighted by atomic mass is 32.2. The van der Waals surface area contributed by atoms with Crippen LogP contribution < -0.4 is 9.62 Å². The van der Waals surface area contributed by atoms with Gasteiger partial charge in [0, 0.05) is 44.8 Å². The quantitative estimate of drug-likeness (QED) is 0.683. The topological polar surface area (TPSA) is 90.0 Å². The Balaban J connectivity index is 1.40. The average Bonchev–Trinajstić information content (AvgIpc) is 3.63. The van der Waals surface area contributed by atoms with Crippen LogP contribution in [0, 0.1) is 0 Å². The molecule has 2 fully saturated rings. The van der Waals surface area contributed by atoms with Gasteiger partial charge in [-0.1, -0.05) is 24.3 Å². The van der Waals surface area contributed by atoms with Gasteiger partial charge in [0.15, 0.2) is 0 Å². The number of nitrogens with one attached hydrogen (secondary N) is 1. The van der Waals surface area contributed by atoms with Gasteiger partial charge in [-0.25, -0.2) is 8.42 Å². The summed E-state index contributed by atoms with van der Waals surface area (Å²) < 4.78 is 27.3. The van der Waals surface area contributed by atoms with Crippen molar-refractivity contribution in [3.05, 3.63) is 60.2 Å². The van der Waals surface area contributed by atoms with E-state index in [0.717, 1.165) is 12.8 Å². The number of carbonyl (C=O) groups is 2. The first-order valence-electron chi connectivity index (χ1n) is 10.8. The lowest BCUT2D eigenvalue weighted by Gasteiger charge is -2.34. The molecule has 1 aliphatic carbocycles. The van der Waals surface area contributed by atoms with Crippen LogP contribution in [-0.2, 0) is 14.8 Å². The lowest BCUT2D eigenvalue weighted by molar-refractivity contribution is -0.122. The third-order valence-electron chi connectivity index (χ3n) is 5.83. The highest BCUT2D eigenvalue weighted by molar-refractivity contribution is 7.92. The number of hydrogen-bond acceptors (Lipinski definition) is 5. The van der Waals surface area contributed by atoms with Crippen molar-refractivity contribution < 1.29 is 18.0 Å². The van der Waals surface area contributed by atoms with E-state index >= 15 is 0 Å².